The van der Waals surface area contributed by atoms with E-state index in [1.54, 1.807) is 62.0 Å². The Bertz CT molecular complexity index is 1690. The van der Waals surface area contributed by atoms with E-state index < -0.39 is 0 Å². The highest BCUT2D eigenvalue weighted by Gasteiger charge is 2.17. The topological polar surface area (TPSA) is 112 Å². The summed E-state index contributed by atoms with van der Waals surface area (Å²) < 4.78 is 9.23. The molecule has 198 valence electrons. The van der Waals surface area contributed by atoms with Crippen molar-refractivity contribution in [2.75, 3.05) is 18.4 Å². The lowest BCUT2D eigenvalue weighted by Gasteiger charge is -2.26. The predicted octanol–water partition coefficient (Wildman–Crippen LogP) is 5.04. The van der Waals surface area contributed by atoms with Crippen LogP contribution in [0, 0.1) is 5.92 Å². The standard InChI is InChI=1S/C27H24Cl2N8O2/c1-36-25-17(9-20(26(36)38)24-21(28)3-2-4-22(24)29)12-32-27(35-25)34-23-6-5-18(13-31-23)39-19-14-33-37(15-19)8-7-16-10-30-11-16/h2-6,9,12-16,30H,7-8,10-11H2,1H3,(H,31,32,34,35). The number of halogens is 2. The quantitative estimate of drug-likeness (QED) is 0.270. The van der Waals surface area contributed by atoms with E-state index in [4.69, 9.17) is 27.9 Å². The molecule has 39 heavy (non-hydrogen) atoms. The molecule has 0 radical (unpaired) electrons. The van der Waals surface area contributed by atoms with Crippen molar-refractivity contribution >= 4 is 46.0 Å². The summed E-state index contributed by atoms with van der Waals surface area (Å²) in [7, 11) is 1.65. The Morgan fingerprint density at radius 2 is 1.90 bits per heavy atom. The second-order valence-electron chi connectivity index (χ2n) is 9.35. The van der Waals surface area contributed by atoms with Gasteiger partial charge in [0.1, 0.15) is 17.2 Å². The van der Waals surface area contributed by atoms with Gasteiger partial charge in [0.2, 0.25) is 5.95 Å². The number of hydrogen-bond acceptors (Lipinski definition) is 8. The molecule has 0 atom stereocenters. The number of benzene rings is 1. The first kappa shape index (κ1) is 25.3. The summed E-state index contributed by atoms with van der Waals surface area (Å²) in [5.74, 6) is 2.78. The highest BCUT2D eigenvalue weighted by atomic mass is 35.5. The van der Waals surface area contributed by atoms with Crippen LogP contribution < -0.4 is 20.9 Å². The van der Waals surface area contributed by atoms with Crippen LogP contribution in [-0.2, 0) is 13.6 Å². The van der Waals surface area contributed by atoms with Gasteiger partial charge in [-0.1, -0.05) is 29.3 Å². The van der Waals surface area contributed by atoms with Crippen LogP contribution in [0.25, 0.3) is 22.2 Å². The Hall–Kier alpha value is -3.99. The van der Waals surface area contributed by atoms with Crippen molar-refractivity contribution in [3.05, 3.63) is 81.6 Å². The van der Waals surface area contributed by atoms with Gasteiger partial charge in [0, 0.05) is 30.7 Å². The number of rotatable bonds is 8. The normalized spacial score (nSPS) is 13.4. The molecule has 5 heterocycles. The Labute approximate surface area is 233 Å². The summed E-state index contributed by atoms with van der Waals surface area (Å²) in [4.78, 5) is 26.5. The number of nitrogens with zero attached hydrogens (tertiary/aromatic N) is 6. The first-order valence-electron chi connectivity index (χ1n) is 12.4. The Balaban J connectivity index is 1.16. The molecule has 2 N–H and O–H groups in total. The number of fused-ring (bicyclic) bond motifs is 1. The van der Waals surface area contributed by atoms with Crippen molar-refractivity contribution in [2.45, 2.75) is 13.0 Å². The van der Waals surface area contributed by atoms with Gasteiger partial charge in [-0.05, 0) is 55.8 Å². The molecule has 0 aliphatic carbocycles. The first-order valence-corrected chi connectivity index (χ1v) is 13.2. The van der Waals surface area contributed by atoms with Crippen molar-refractivity contribution in [3.63, 3.8) is 0 Å². The number of anilines is 2. The van der Waals surface area contributed by atoms with Crippen LogP contribution >= 0.6 is 23.2 Å². The highest BCUT2D eigenvalue weighted by molar-refractivity contribution is 6.39. The van der Waals surface area contributed by atoms with Crippen LogP contribution in [0.3, 0.4) is 0 Å². The predicted molar refractivity (Wildman–Crippen MR) is 151 cm³/mol. The fraction of sp³-hybridized carbons (Fsp3) is 0.222. The van der Waals surface area contributed by atoms with Crippen LogP contribution in [0.1, 0.15) is 6.42 Å². The van der Waals surface area contributed by atoms with E-state index in [1.165, 1.54) is 4.57 Å². The molecule has 1 aromatic carbocycles. The zero-order valence-corrected chi connectivity index (χ0v) is 22.4. The maximum Gasteiger partial charge on any atom is 0.259 e. The zero-order chi connectivity index (χ0) is 26.9. The molecule has 6 rings (SSSR count). The zero-order valence-electron chi connectivity index (χ0n) is 20.9. The lowest BCUT2D eigenvalue weighted by Crippen LogP contribution is -2.42. The minimum atomic E-state index is -0.273. The number of aryl methyl sites for hydroxylation is 2. The number of hydrogen-bond donors (Lipinski definition) is 2. The van der Waals surface area contributed by atoms with Gasteiger partial charge < -0.3 is 15.4 Å². The maximum atomic E-state index is 13.2. The molecule has 0 unspecified atom stereocenters. The third-order valence-corrected chi connectivity index (χ3v) is 7.26. The summed E-state index contributed by atoms with van der Waals surface area (Å²) >= 11 is 12.7. The van der Waals surface area contributed by atoms with Crippen LogP contribution in [-0.4, -0.2) is 42.4 Å². The minimum absolute atomic E-state index is 0.273. The van der Waals surface area contributed by atoms with E-state index in [9.17, 15) is 4.79 Å². The van der Waals surface area contributed by atoms with Gasteiger partial charge in [0.15, 0.2) is 5.75 Å². The van der Waals surface area contributed by atoms with Crippen molar-refractivity contribution in [1.29, 1.82) is 0 Å². The summed E-state index contributed by atoms with van der Waals surface area (Å²) in [6, 6.07) is 10.4. The second kappa shape index (κ2) is 10.6. The lowest BCUT2D eigenvalue weighted by molar-refractivity contribution is 0.306. The Morgan fingerprint density at radius 1 is 1.08 bits per heavy atom. The summed E-state index contributed by atoms with van der Waals surface area (Å²) in [5, 5.41) is 12.2. The van der Waals surface area contributed by atoms with Crippen LogP contribution in [0.2, 0.25) is 10.0 Å². The molecule has 1 saturated heterocycles. The smallest absolute Gasteiger partial charge is 0.259 e. The average molecular weight is 563 g/mol. The Morgan fingerprint density at radius 3 is 2.62 bits per heavy atom. The first-order chi connectivity index (χ1) is 18.9. The summed E-state index contributed by atoms with van der Waals surface area (Å²) in [6.45, 7) is 3.03. The largest absolute Gasteiger partial charge is 0.452 e. The summed E-state index contributed by atoms with van der Waals surface area (Å²) in [6.07, 6.45) is 7.92. The van der Waals surface area contributed by atoms with Gasteiger partial charge in [-0.25, -0.2) is 9.97 Å². The molecule has 0 bridgehead atoms. The Kier molecular flexibility index (Phi) is 6.90. The van der Waals surface area contributed by atoms with E-state index in [-0.39, 0.29) is 5.56 Å². The van der Waals surface area contributed by atoms with Crippen molar-refractivity contribution in [2.24, 2.45) is 13.0 Å². The highest BCUT2D eigenvalue weighted by Crippen LogP contribution is 2.33. The average Bonchev–Trinajstić information content (AvgIpc) is 3.34. The molecule has 0 spiro atoms. The van der Waals surface area contributed by atoms with Gasteiger partial charge in [0.05, 0.1) is 34.2 Å². The minimum Gasteiger partial charge on any atom is -0.452 e. The number of nitrogens with one attached hydrogen (secondary N) is 2. The number of aromatic nitrogens is 6. The van der Waals surface area contributed by atoms with Crippen LogP contribution in [0.5, 0.6) is 11.5 Å². The SMILES string of the molecule is Cn1c(=O)c(-c2c(Cl)cccc2Cl)cc2cnc(Nc3ccc(Oc4cnn(CCC5CNC5)c4)cn3)nc21. The number of ether oxygens (including phenoxy) is 1. The monoisotopic (exact) mass is 562 g/mol. The molecule has 1 aliphatic heterocycles. The van der Waals surface area contributed by atoms with Gasteiger partial charge in [-0.2, -0.15) is 10.1 Å². The molecule has 0 saturated carbocycles. The molecular formula is C27H24Cl2N8O2. The molecule has 12 heteroatoms. The maximum absolute atomic E-state index is 13.2. The van der Waals surface area contributed by atoms with Gasteiger partial charge in [0.25, 0.3) is 5.56 Å². The van der Waals surface area contributed by atoms with Crippen LogP contribution in [0.4, 0.5) is 11.8 Å². The van der Waals surface area contributed by atoms with Gasteiger partial charge in [-0.3, -0.25) is 14.0 Å². The van der Waals surface area contributed by atoms with Crippen LogP contribution in [0.15, 0.2) is 66.0 Å². The van der Waals surface area contributed by atoms with Crippen molar-refractivity contribution < 1.29 is 4.74 Å². The molecule has 10 nitrogen and oxygen atoms in total. The lowest BCUT2D eigenvalue weighted by atomic mass is 10.00. The third-order valence-electron chi connectivity index (χ3n) is 6.63. The fourth-order valence-electron chi connectivity index (χ4n) is 4.39. The van der Waals surface area contributed by atoms with Crippen molar-refractivity contribution in [1.82, 2.24) is 34.6 Å². The molecule has 0 amide bonds. The van der Waals surface area contributed by atoms with E-state index in [1.807, 2.05) is 10.9 Å². The third kappa shape index (κ3) is 5.31. The van der Waals surface area contributed by atoms with E-state index in [0.717, 1.165) is 32.0 Å². The van der Waals surface area contributed by atoms with E-state index in [2.05, 4.69) is 30.7 Å². The second-order valence-corrected chi connectivity index (χ2v) is 10.2. The van der Waals surface area contributed by atoms with Crippen molar-refractivity contribution in [3.8, 4) is 22.6 Å². The molecular weight excluding hydrogens is 539 g/mol. The molecule has 1 aliphatic rings. The summed E-state index contributed by atoms with van der Waals surface area (Å²) in [5.41, 5.74) is 1.04. The molecule has 4 aromatic heterocycles. The fourth-order valence-corrected chi connectivity index (χ4v) is 4.99. The van der Waals surface area contributed by atoms with Gasteiger partial charge in [-0.15, -0.1) is 0 Å². The van der Waals surface area contributed by atoms with Gasteiger partial charge >= 0.3 is 0 Å². The molecule has 5 aromatic rings. The van der Waals surface area contributed by atoms with E-state index >= 15 is 0 Å². The van der Waals surface area contributed by atoms with E-state index in [0.29, 0.717) is 55.5 Å². The number of pyridine rings is 2. The molecule has 1 fully saturated rings.